The fourth-order valence-corrected chi connectivity index (χ4v) is 2.99. The molecule has 3 heteroatoms. The summed E-state index contributed by atoms with van der Waals surface area (Å²) < 4.78 is 0. The molecule has 0 radical (unpaired) electrons. The third kappa shape index (κ3) is 5.38. The molecule has 1 aliphatic carbocycles. The number of rotatable bonds is 5. The first kappa shape index (κ1) is 15.5. The van der Waals surface area contributed by atoms with Crippen molar-refractivity contribution >= 4 is 5.97 Å². The quantitative estimate of drug-likeness (QED) is 0.766. The highest BCUT2D eigenvalue weighted by Gasteiger charge is 2.28. The molecule has 1 fully saturated rings. The third-order valence-electron chi connectivity index (χ3n) is 4.00. The molecule has 1 atom stereocenters. The van der Waals surface area contributed by atoms with Crippen molar-refractivity contribution in [2.45, 2.75) is 65.8 Å². The summed E-state index contributed by atoms with van der Waals surface area (Å²) in [5.41, 5.74) is 0.432. The van der Waals surface area contributed by atoms with E-state index in [9.17, 15) is 4.79 Å². The Hall–Kier alpha value is -0.570. The standard InChI is InChI=1S/C15H29NO2/c1-12(2)10-16(11-14(17)18)13-6-5-8-15(3,4)9-7-13/h12-13H,5-11H2,1-4H3,(H,17,18). The molecule has 0 amide bonds. The first-order valence-electron chi connectivity index (χ1n) is 7.26. The van der Waals surface area contributed by atoms with Crippen LogP contribution in [0.3, 0.4) is 0 Å². The van der Waals surface area contributed by atoms with Gasteiger partial charge in [-0.1, -0.05) is 34.1 Å². The minimum Gasteiger partial charge on any atom is -0.480 e. The van der Waals surface area contributed by atoms with E-state index < -0.39 is 5.97 Å². The highest BCUT2D eigenvalue weighted by Crippen LogP contribution is 2.35. The Morgan fingerprint density at radius 3 is 2.56 bits per heavy atom. The fraction of sp³-hybridized carbons (Fsp3) is 0.933. The molecule has 1 N–H and O–H groups in total. The first-order valence-corrected chi connectivity index (χ1v) is 7.26. The lowest BCUT2D eigenvalue weighted by Gasteiger charge is -2.31. The number of carbonyl (C=O) groups is 1. The largest absolute Gasteiger partial charge is 0.480 e. The van der Waals surface area contributed by atoms with Crippen LogP contribution in [-0.2, 0) is 4.79 Å². The second-order valence-electron chi connectivity index (χ2n) is 6.97. The highest BCUT2D eigenvalue weighted by molar-refractivity contribution is 5.69. The smallest absolute Gasteiger partial charge is 0.317 e. The fourth-order valence-electron chi connectivity index (χ4n) is 2.99. The predicted octanol–water partition coefficient (Wildman–Crippen LogP) is 3.39. The molecule has 0 heterocycles. The Kier molecular flexibility index (Phi) is 5.64. The van der Waals surface area contributed by atoms with E-state index in [0.29, 0.717) is 17.4 Å². The van der Waals surface area contributed by atoms with Gasteiger partial charge in [-0.2, -0.15) is 0 Å². The molecule has 0 aromatic rings. The summed E-state index contributed by atoms with van der Waals surface area (Å²) in [4.78, 5) is 13.2. The lowest BCUT2D eigenvalue weighted by atomic mass is 9.85. The van der Waals surface area contributed by atoms with Gasteiger partial charge < -0.3 is 5.11 Å². The Labute approximate surface area is 112 Å². The summed E-state index contributed by atoms with van der Waals surface area (Å²) in [6.07, 6.45) is 6.01. The molecule has 0 saturated heterocycles. The van der Waals surface area contributed by atoms with Crippen molar-refractivity contribution < 1.29 is 9.90 Å². The minimum absolute atomic E-state index is 0.198. The molecule has 0 spiro atoms. The number of carboxylic acid groups (broad SMARTS) is 1. The topological polar surface area (TPSA) is 40.5 Å². The number of aliphatic carboxylic acids is 1. The number of carboxylic acids is 1. The van der Waals surface area contributed by atoms with Crippen LogP contribution < -0.4 is 0 Å². The van der Waals surface area contributed by atoms with Gasteiger partial charge in [0.25, 0.3) is 0 Å². The van der Waals surface area contributed by atoms with Gasteiger partial charge in [-0.25, -0.2) is 0 Å². The average molecular weight is 255 g/mol. The van der Waals surface area contributed by atoms with Crippen molar-refractivity contribution in [1.82, 2.24) is 4.90 Å². The maximum Gasteiger partial charge on any atom is 0.317 e. The maximum atomic E-state index is 11.0. The molecule has 0 aliphatic heterocycles. The van der Waals surface area contributed by atoms with Gasteiger partial charge in [-0.15, -0.1) is 0 Å². The number of nitrogens with zero attached hydrogens (tertiary/aromatic N) is 1. The molecule has 1 rings (SSSR count). The van der Waals surface area contributed by atoms with Crippen LogP contribution in [0.15, 0.2) is 0 Å². The second kappa shape index (κ2) is 6.55. The maximum absolute atomic E-state index is 11.0. The van der Waals surface area contributed by atoms with Crippen LogP contribution in [0.2, 0.25) is 0 Å². The van der Waals surface area contributed by atoms with E-state index in [2.05, 4.69) is 32.6 Å². The lowest BCUT2D eigenvalue weighted by Crippen LogP contribution is -2.41. The highest BCUT2D eigenvalue weighted by atomic mass is 16.4. The average Bonchev–Trinajstić information content (AvgIpc) is 2.37. The van der Waals surface area contributed by atoms with Crippen LogP contribution in [-0.4, -0.2) is 35.1 Å². The van der Waals surface area contributed by atoms with Gasteiger partial charge in [-0.3, -0.25) is 9.69 Å². The number of hydrogen-bond acceptors (Lipinski definition) is 2. The van der Waals surface area contributed by atoms with Gasteiger partial charge in [0.1, 0.15) is 0 Å². The molecule has 106 valence electrons. The van der Waals surface area contributed by atoms with Crippen molar-refractivity contribution in [3.05, 3.63) is 0 Å². The van der Waals surface area contributed by atoms with E-state index in [1.807, 2.05) is 0 Å². The van der Waals surface area contributed by atoms with Crippen LogP contribution in [0, 0.1) is 11.3 Å². The summed E-state index contributed by atoms with van der Waals surface area (Å²) >= 11 is 0. The molecule has 0 aromatic carbocycles. The van der Waals surface area contributed by atoms with Crippen molar-refractivity contribution in [1.29, 1.82) is 0 Å². The SMILES string of the molecule is CC(C)CN(CC(=O)O)C1CCCC(C)(C)CC1. The van der Waals surface area contributed by atoms with Crippen molar-refractivity contribution in [3.63, 3.8) is 0 Å². The van der Waals surface area contributed by atoms with Crippen LogP contribution in [0.25, 0.3) is 0 Å². The van der Waals surface area contributed by atoms with E-state index in [0.717, 1.165) is 19.4 Å². The molecule has 0 bridgehead atoms. The zero-order chi connectivity index (χ0) is 13.8. The minimum atomic E-state index is -0.695. The summed E-state index contributed by atoms with van der Waals surface area (Å²) in [6.45, 7) is 10.1. The van der Waals surface area contributed by atoms with E-state index >= 15 is 0 Å². The zero-order valence-electron chi connectivity index (χ0n) is 12.4. The summed E-state index contributed by atoms with van der Waals surface area (Å²) in [7, 11) is 0. The molecule has 1 aliphatic rings. The van der Waals surface area contributed by atoms with Gasteiger partial charge >= 0.3 is 5.97 Å². The van der Waals surface area contributed by atoms with E-state index in [-0.39, 0.29) is 6.54 Å². The van der Waals surface area contributed by atoms with Gasteiger partial charge in [0.15, 0.2) is 0 Å². The first-order chi connectivity index (χ1) is 8.30. The van der Waals surface area contributed by atoms with E-state index in [4.69, 9.17) is 5.11 Å². The Morgan fingerprint density at radius 2 is 2.00 bits per heavy atom. The van der Waals surface area contributed by atoms with Crippen molar-refractivity contribution in [2.75, 3.05) is 13.1 Å². The second-order valence-corrected chi connectivity index (χ2v) is 6.97. The molecule has 18 heavy (non-hydrogen) atoms. The van der Waals surface area contributed by atoms with Gasteiger partial charge in [0.05, 0.1) is 6.54 Å². The van der Waals surface area contributed by atoms with Gasteiger partial charge in [-0.05, 0) is 37.0 Å². The number of hydrogen-bond donors (Lipinski definition) is 1. The van der Waals surface area contributed by atoms with Crippen molar-refractivity contribution in [2.24, 2.45) is 11.3 Å². The zero-order valence-corrected chi connectivity index (χ0v) is 12.4. The molecule has 1 saturated carbocycles. The molecular weight excluding hydrogens is 226 g/mol. The third-order valence-corrected chi connectivity index (χ3v) is 4.00. The molecule has 0 aromatic heterocycles. The van der Waals surface area contributed by atoms with Gasteiger partial charge in [0, 0.05) is 12.6 Å². The van der Waals surface area contributed by atoms with Crippen LogP contribution in [0.1, 0.15) is 59.8 Å². The molecule has 3 nitrogen and oxygen atoms in total. The summed E-state index contributed by atoms with van der Waals surface area (Å²) in [5, 5.41) is 9.06. The van der Waals surface area contributed by atoms with Crippen LogP contribution in [0.5, 0.6) is 0 Å². The Balaban J connectivity index is 2.63. The van der Waals surface area contributed by atoms with Crippen molar-refractivity contribution in [3.8, 4) is 0 Å². The predicted molar refractivity (Wildman–Crippen MR) is 74.7 cm³/mol. The molecule has 1 unspecified atom stereocenters. The van der Waals surface area contributed by atoms with E-state index in [1.165, 1.54) is 19.3 Å². The summed E-state index contributed by atoms with van der Waals surface area (Å²) in [5.74, 6) is -0.167. The monoisotopic (exact) mass is 255 g/mol. The summed E-state index contributed by atoms with van der Waals surface area (Å²) in [6, 6.07) is 0.463. The van der Waals surface area contributed by atoms with Crippen LogP contribution in [0.4, 0.5) is 0 Å². The Bertz CT molecular complexity index is 274. The molecular formula is C15H29NO2. The Morgan fingerprint density at radius 1 is 1.33 bits per heavy atom. The van der Waals surface area contributed by atoms with Gasteiger partial charge in [0.2, 0.25) is 0 Å². The normalized spacial score (nSPS) is 24.2. The van der Waals surface area contributed by atoms with E-state index in [1.54, 1.807) is 0 Å². The van der Waals surface area contributed by atoms with Crippen LogP contribution >= 0.6 is 0 Å². The lowest BCUT2D eigenvalue weighted by molar-refractivity contribution is -0.139.